The van der Waals surface area contributed by atoms with Crippen molar-refractivity contribution in [2.24, 2.45) is 0 Å². The highest BCUT2D eigenvalue weighted by atomic mass is 19.1. The molecule has 1 rings (SSSR count). The Bertz CT molecular complexity index is 336. The van der Waals surface area contributed by atoms with Gasteiger partial charge in [-0.25, -0.2) is 4.39 Å². The summed E-state index contributed by atoms with van der Waals surface area (Å²) in [5.74, 6) is 2.38. The smallest absolute Gasteiger partial charge is 0.128 e. The molecule has 0 amide bonds. The summed E-state index contributed by atoms with van der Waals surface area (Å²) >= 11 is 0. The predicted molar refractivity (Wildman–Crippen MR) is 53.0 cm³/mol. The van der Waals surface area contributed by atoms with Crippen molar-refractivity contribution in [1.82, 2.24) is 0 Å². The normalized spacial score (nSPS) is 11.0. The van der Waals surface area contributed by atoms with E-state index in [9.17, 15) is 4.39 Å². The van der Waals surface area contributed by atoms with E-state index >= 15 is 0 Å². The van der Waals surface area contributed by atoms with Crippen molar-refractivity contribution in [1.29, 1.82) is 0 Å². The van der Waals surface area contributed by atoms with E-state index in [0.717, 1.165) is 5.56 Å². The highest BCUT2D eigenvalue weighted by Crippen LogP contribution is 2.27. The summed E-state index contributed by atoms with van der Waals surface area (Å²) in [5, 5.41) is 0. The van der Waals surface area contributed by atoms with Gasteiger partial charge in [-0.05, 0) is 32.4 Å². The molecule has 0 fully saturated rings. The average molecular weight is 176 g/mol. The summed E-state index contributed by atoms with van der Waals surface area (Å²) in [7, 11) is 0. The fourth-order valence-corrected chi connectivity index (χ4v) is 1.50. The van der Waals surface area contributed by atoms with Gasteiger partial charge in [0.15, 0.2) is 0 Å². The molecule has 0 spiro atoms. The number of halogens is 1. The van der Waals surface area contributed by atoms with Crippen molar-refractivity contribution in [3.63, 3.8) is 0 Å². The molecular formula is C12H13F. The summed E-state index contributed by atoms with van der Waals surface area (Å²) in [6, 6.07) is 5.01. The Kier molecular flexibility index (Phi) is 2.43. The number of rotatable bonds is 1. The monoisotopic (exact) mass is 176 g/mol. The van der Waals surface area contributed by atoms with Crippen LogP contribution in [-0.2, 0) is 5.41 Å². The summed E-state index contributed by atoms with van der Waals surface area (Å²) in [4.78, 5) is 0. The summed E-state index contributed by atoms with van der Waals surface area (Å²) in [6.45, 7) is 5.56. The summed E-state index contributed by atoms with van der Waals surface area (Å²) in [6.07, 6.45) is 5.36. The van der Waals surface area contributed by atoms with Crippen molar-refractivity contribution in [3.8, 4) is 12.3 Å². The lowest BCUT2D eigenvalue weighted by atomic mass is 9.82. The molecule has 0 radical (unpaired) electrons. The molecule has 1 heteroatoms. The zero-order valence-corrected chi connectivity index (χ0v) is 8.19. The van der Waals surface area contributed by atoms with Crippen LogP contribution in [0.5, 0.6) is 0 Å². The molecule has 0 nitrogen and oxygen atoms in total. The molecule has 0 saturated carbocycles. The summed E-state index contributed by atoms with van der Waals surface area (Å²) in [5.41, 5.74) is 0.996. The van der Waals surface area contributed by atoms with Gasteiger partial charge in [0, 0.05) is 5.56 Å². The third kappa shape index (κ3) is 1.72. The first-order valence-electron chi connectivity index (χ1n) is 4.22. The van der Waals surface area contributed by atoms with Crippen LogP contribution in [0.3, 0.4) is 0 Å². The fourth-order valence-electron chi connectivity index (χ4n) is 1.50. The topological polar surface area (TPSA) is 0 Å². The second-order valence-corrected chi connectivity index (χ2v) is 3.70. The Balaban J connectivity index is 3.38. The third-order valence-corrected chi connectivity index (χ3v) is 2.21. The Labute approximate surface area is 78.8 Å². The first-order valence-corrected chi connectivity index (χ1v) is 4.22. The molecule has 0 aliphatic carbocycles. The van der Waals surface area contributed by atoms with Crippen LogP contribution in [-0.4, -0.2) is 0 Å². The van der Waals surface area contributed by atoms with Crippen LogP contribution in [0.1, 0.15) is 25.0 Å². The minimum Gasteiger partial charge on any atom is -0.207 e. The van der Waals surface area contributed by atoms with Crippen LogP contribution in [0, 0.1) is 25.1 Å². The zero-order chi connectivity index (χ0) is 10.1. The molecule has 1 aromatic carbocycles. The minimum absolute atomic E-state index is 0.219. The molecule has 13 heavy (non-hydrogen) atoms. The van der Waals surface area contributed by atoms with E-state index in [1.165, 1.54) is 6.07 Å². The number of hydrogen-bond acceptors (Lipinski definition) is 0. The maximum Gasteiger partial charge on any atom is 0.128 e. The molecule has 0 aliphatic heterocycles. The van der Waals surface area contributed by atoms with Crippen molar-refractivity contribution in [2.75, 3.05) is 0 Å². The standard InChI is InChI=1S/C12H13F/c1-5-12(3,4)11-9(2)7-6-8-10(11)13/h1,6-8H,2-4H3. The first kappa shape index (κ1) is 9.80. The SMILES string of the molecule is C#CC(C)(C)c1c(C)cccc1F. The molecule has 0 saturated heterocycles. The Hall–Kier alpha value is -1.29. The number of benzene rings is 1. The lowest BCUT2D eigenvalue weighted by Gasteiger charge is -2.21. The van der Waals surface area contributed by atoms with Crippen LogP contribution < -0.4 is 0 Å². The van der Waals surface area contributed by atoms with Gasteiger partial charge in [0.05, 0.1) is 5.41 Å². The largest absolute Gasteiger partial charge is 0.207 e. The van der Waals surface area contributed by atoms with Gasteiger partial charge in [-0.2, -0.15) is 0 Å². The van der Waals surface area contributed by atoms with Gasteiger partial charge in [0.25, 0.3) is 0 Å². The maximum absolute atomic E-state index is 13.4. The molecule has 68 valence electrons. The van der Waals surface area contributed by atoms with E-state index in [2.05, 4.69) is 5.92 Å². The van der Waals surface area contributed by atoms with Crippen LogP contribution >= 0.6 is 0 Å². The van der Waals surface area contributed by atoms with Gasteiger partial charge in [-0.15, -0.1) is 6.42 Å². The predicted octanol–water partition coefficient (Wildman–Crippen LogP) is 3.04. The van der Waals surface area contributed by atoms with E-state index in [1.54, 1.807) is 6.07 Å². The lowest BCUT2D eigenvalue weighted by Crippen LogP contribution is -2.17. The van der Waals surface area contributed by atoms with Gasteiger partial charge < -0.3 is 0 Å². The minimum atomic E-state index is -0.532. The molecule has 1 aromatic rings. The Morgan fingerprint density at radius 3 is 2.46 bits per heavy atom. The lowest BCUT2D eigenvalue weighted by molar-refractivity contribution is 0.564. The summed E-state index contributed by atoms with van der Waals surface area (Å²) < 4.78 is 13.4. The van der Waals surface area contributed by atoms with E-state index in [1.807, 2.05) is 26.8 Å². The highest BCUT2D eigenvalue weighted by Gasteiger charge is 2.22. The number of hydrogen-bond donors (Lipinski definition) is 0. The van der Waals surface area contributed by atoms with Crippen LogP contribution in [0.15, 0.2) is 18.2 Å². The maximum atomic E-state index is 13.4. The zero-order valence-electron chi connectivity index (χ0n) is 8.19. The quantitative estimate of drug-likeness (QED) is 0.577. The highest BCUT2D eigenvalue weighted by molar-refractivity contribution is 5.39. The van der Waals surface area contributed by atoms with E-state index in [0.29, 0.717) is 5.56 Å². The molecule has 0 aliphatic rings. The molecule has 0 aromatic heterocycles. The molecular weight excluding hydrogens is 163 g/mol. The van der Waals surface area contributed by atoms with Gasteiger partial charge in [0.2, 0.25) is 0 Å². The van der Waals surface area contributed by atoms with E-state index in [-0.39, 0.29) is 5.82 Å². The van der Waals surface area contributed by atoms with E-state index < -0.39 is 5.41 Å². The second kappa shape index (κ2) is 3.22. The van der Waals surface area contributed by atoms with Crippen LogP contribution in [0.25, 0.3) is 0 Å². The second-order valence-electron chi connectivity index (χ2n) is 3.70. The van der Waals surface area contributed by atoms with Crippen LogP contribution in [0.4, 0.5) is 4.39 Å². The number of aryl methyl sites for hydroxylation is 1. The van der Waals surface area contributed by atoms with Gasteiger partial charge in [0.1, 0.15) is 5.82 Å². The molecule has 0 N–H and O–H groups in total. The van der Waals surface area contributed by atoms with Gasteiger partial charge in [-0.3, -0.25) is 0 Å². The molecule has 0 bridgehead atoms. The van der Waals surface area contributed by atoms with E-state index in [4.69, 9.17) is 6.42 Å². The number of terminal acetylenes is 1. The fraction of sp³-hybridized carbons (Fsp3) is 0.333. The van der Waals surface area contributed by atoms with Gasteiger partial charge in [-0.1, -0.05) is 18.1 Å². The van der Waals surface area contributed by atoms with Crippen molar-refractivity contribution < 1.29 is 4.39 Å². The average Bonchev–Trinajstić information content (AvgIpc) is 2.03. The first-order chi connectivity index (χ1) is 5.99. The van der Waals surface area contributed by atoms with Crippen molar-refractivity contribution in [3.05, 3.63) is 35.1 Å². The molecule has 0 atom stereocenters. The van der Waals surface area contributed by atoms with Crippen molar-refractivity contribution in [2.45, 2.75) is 26.2 Å². The molecule has 0 heterocycles. The Morgan fingerprint density at radius 2 is 2.00 bits per heavy atom. The van der Waals surface area contributed by atoms with Crippen molar-refractivity contribution >= 4 is 0 Å². The van der Waals surface area contributed by atoms with Crippen LogP contribution in [0.2, 0.25) is 0 Å². The molecule has 0 unspecified atom stereocenters. The Morgan fingerprint density at radius 1 is 1.38 bits per heavy atom. The van der Waals surface area contributed by atoms with Gasteiger partial charge >= 0.3 is 0 Å². The third-order valence-electron chi connectivity index (χ3n) is 2.21.